The van der Waals surface area contributed by atoms with E-state index in [2.05, 4.69) is 15.9 Å². The number of carbonyl (C=O) groups is 2. The fourth-order valence-corrected chi connectivity index (χ4v) is 2.87. The van der Waals surface area contributed by atoms with E-state index in [9.17, 15) is 19.1 Å². The minimum Gasteiger partial charge on any atom is -0.479 e. The maximum Gasteiger partial charge on any atom is 0.335 e. The molecule has 21 heavy (non-hydrogen) atoms. The van der Waals surface area contributed by atoms with Gasteiger partial charge in [-0.05, 0) is 47.5 Å². The van der Waals surface area contributed by atoms with E-state index < -0.39 is 23.9 Å². The van der Waals surface area contributed by atoms with Crippen LogP contribution in [0.3, 0.4) is 0 Å². The van der Waals surface area contributed by atoms with Gasteiger partial charge in [0.1, 0.15) is 12.4 Å². The standard InChI is InChI=1S/C14H15BrFNO4/c1-7(2)17-11(18)6-21-13(14(19)20)12(17)8-3-4-10(16)9(15)5-8/h3-5,7,12-13H,6H2,1-2H3,(H,19,20). The summed E-state index contributed by atoms with van der Waals surface area (Å²) in [6.45, 7) is 3.33. The van der Waals surface area contributed by atoms with Crippen LogP contribution in [0.2, 0.25) is 0 Å². The smallest absolute Gasteiger partial charge is 0.335 e. The molecule has 1 heterocycles. The summed E-state index contributed by atoms with van der Waals surface area (Å²) in [5.41, 5.74) is 0.512. The first kappa shape index (κ1) is 15.9. The maximum absolute atomic E-state index is 13.4. The lowest BCUT2D eigenvalue weighted by Crippen LogP contribution is -2.54. The highest BCUT2D eigenvalue weighted by molar-refractivity contribution is 9.10. The average Bonchev–Trinajstić information content (AvgIpc) is 2.40. The lowest BCUT2D eigenvalue weighted by atomic mass is 9.96. The van der Waals surface area contributed by atoms with Gasteiger partial charge in [-0.1, -0.05) is 6.07 Å². The Bertz CT molecular complexity index is 578. The summed E-state index contributed by atoms with van der Waals surface area (Å²) >= 11 is 3.08. The number of amides is 1. The first-order valence-corrected chi connectivity index (χ1v) is 7.22. The number of carboxylic acid groups (broad SMARTS) is 1. The van der Waals surface area contributed by atoms with Gasteiger partial charge in [0, 0.05) is 6.04 Å². The van der Waals surface area contributed by atoms with Crippen LogP contribution in [0.4, 0.5) is 4.39 Å². The molecule has 0 aliphatic carbocycles. The SMILES string of the molecule is CC(C)N1C(=O)COC(C(=O)O)C1c1ccc(F)c(Br)c1. The quantitative estimate of drug-likeness (QED) is 0.899. The summed E-state index contributed by atoms with van der Waals surface area (Å²) in [4.78, 5) is 25.0. The molecule has 1 fully saturated rings. The zero-order valence-electron chi connectivity index (χ0n) is 11.5. The molecule has 1 N–H and O–H groups in total. The average molecular weight is 360 g/mol. The summed E-state index contributed by atoms with van der Waals surface area (Å²) in [6, 6.07) is 3.19. The number of hydrogen-bond donors (Lipinski definition) is 1. The molecule has 1 aliphatic rings. The summed E-state index contributed by atoms with van der Waals surface area (Å²) < 4.78 is 18.8. The van der Waals surface area contributed by atoms with Crippen molar-refractivity contribution in [1.82, 2.24) is 4.90 Å². The normalized spacial score (nSPS) is 22.7. The third-order valence-corrected chi connectivity index (χ3v) is 3.95. The van der Waals surface area contributed by atoms with Crippen molar-refractivity contribution in [3.8, 4) is 0 Å². The van der Waals surface area contributed by atoms with Gasteiger partial charge in [-0.2, -0.15) is 0 Å². The van der Waals surface area contributed by atoms with Gasteiger partial charge in [0.25, 0.3) is 0 Å². The Morgan fingerprint density at radius 2 is 2.19 bits per heavy atom. The van der Waals surface area contributed by atoms with Crippen LogP contribution in [-0.4, -0.2) is 40.6 Å². The third-order valence-electron chi connectivity index (χ3n) is 3.35. The van der Waals surface area contributed by atoms with Crippen molar-refractivity contribution < 1.29 is 23.8 Å². The van der Waals surface area contributed by atoms with Crippen LogP contribution in [0, 0.1) is 5.82 Å². The number of aliphatic carboxylic acids is 1. The van der Waals surface area contributed by atoms with E-state index in [1.807, 2.05) is 0 Å². The van der Waals surface area contributed by atoms with E-state index in [0.29, 0.717) is 5.56 Å². The molecule has 1 aromatic rings. The predicted molar refractivity (Wildman–Crippen MR) is 76.2 cm³/mol. The monoisotopic (exact) mass is 359 g/mol. The molecule has 2 unspecified atom stereocenters. The second kappa shape index (κ2) is 6.11. The van der Waals surface area contributed by atoms with Gasteiger partial charge >= 0.3 is 5.97 Å². The summed E-state index contributed by atoms with van der Waals surface area (Å²) in [7, 11) is 0. The number of benzene rings is 1. The zero-order chi connectivity index (χ0) is 15.7. The minimum absolute atomic E-state index is 0.197. The highest BCUT2D eigenvalue weighted by Crippen LogP contribution is 2.33. The van der Waals surface area contributed by atoms with Gasteiger partial charge in [0.15, 0.2) is 6.10 Å². The lowest BCUT2D eigenvalue weighted by molar-refractivity contribution is -0.175. The van der Waals surface area contributed by atoms with Crippen LogP contribution >= 0.6 is 15.9 Å². The molecule has 1 amide bonds. The Labute approximate surface area is 129 Å². The summed E-state index contributed by atoms with van der Waals surface area (Å²) in [6.07, 6.45) is -1.18. The Morgan fingerprint density at radius 1 is 1.52 bits per heavy atom. The van der Waals surface area contributed by atoms with E-state index in [4.69, 9.17) is 4.74 Å². The van der Waals surface area contributed by atoms with Gasteiger partial charge in [-0.3, -0.25) is 4.79 Å². The van der Waals surface area contributed by atoms with E-state index >= 15 is 0 Å². The van der Waals surface area contributed by atoms with Gasteiger partial charge in [-0.15, -0.1) is 0 Å². The van der Waals surface area contributed by atoms with Gasteiger partial charge < -0.3 is 14.7 Å². The molecule has 0 aromatic heterocycles. The van der Waals surface area contributed by atoms with E-state index in [1.54, 1.807) is 13.8 Å². The van der Waals surface area contributed by atoms with Crippen LogP contribution < -0.4 is 0 Å². The number of morpholine rings is 1. The number of ether oxygens (including phenoxy) is 1. The molecule has 0 radical (unpaired) electrons. The van der Waals surface area contributed by atoms with Gasteiger partial charge in [0.05, 0.1) is 10.5 Å². The fourth-order valence-electron chi connectivity index (χ4n) is 2.48. The van der Waals surface area contributed by atoms with Crippen molar-refractivity contribution in [3.63, 3.8) is 0 Å². The third kappa shape index (κ3) is 3.08. The van der Waals surface area contributed by atoms with Crippen LogP contribution in [0.15, 0.2) is 22.7 Å². The highest BCUT2D eigenvalue weighted by atomic mass is 79.9. The molecular weight excluding hydrogens is 345 g/mol. The van der Waals surface area contributed by atoms with Crippen molar-refractivity contribution in [3.05, 3.63) is 34.1 Å². The maximum atomic E-state index is 13.4. The Morgan fingerprint density at radius 3 is 2.71 bits per heavy atom. The Hall–Kier alpha value is -1.47. The molecule has 1 aliphatic heterocycles. The number of hydrogen-bond acceptors (Lipinski definition) is 3. The van der Waals surface area contributed by atoms with Gasteiger partial charge in [0.2, 0.25) is 5.91 Å². The molecule has 5 nitrogen and oxygen atoms in total. The molecule has 2 rings (SSSR count). The molecule has 0 bridgehead atoms. The van der Waals surface area contributed by atoms with E-state index in [-0.39, 0.29) is 23.0 Å². The largest absolute Gasteiger partial charge is 0.479 e. The molecule has 2 atom stereocenters. The van der Waals surface area contributed by atoms with Crippen molar-refractivity contribution in [2.45, 2.75) is 32.0 Å². The first-order valence-electron chi connectivity index (χ1n) is 6.43. The Balaban J connectivity index is 2.51. The molecule has 7 heteroatoms. The number of carboxylic acids is 1. The van der Waals surface area contributed by atoms with Crippen LogP contribution in [0.5, 0.6) is 0 Å². The van der Waals surface area contributed by atoms with Crippen LogP contribution in [0.25, 0.3) is 0 Å². The van der Waals surface area contributed by atoms with Crippen LogP contribution in [0.1, 0.15) is 25.5 Å². The highest BCUT2D eigenvalue weighted by Gasteiger charge is 2.43. The second-order valence-electron chi connectivity index (χ2n) is 5.08. The lowest BCUT2D eigenvalue weighted by Gasteiger charge is -2.42. The molecule has 0 saturated carbocycles. The van der Waals surface area contributed by atoms with Gasteiger partial charge in [-0.25, -0.2) is 9.18 Å². The summed E-state index contributed by atoms with van der Waals surface area (Å²) in [5.74, 6) is -1.89. The van der Waals surface area contributed by atoms with E-state index in [0.717, 1.165) is 0 Å². The molecule has 1 aromatic carbocycles. The number of nitrogens with zero attached hydrogens (tertiary/aromatic N) is 1. The van der Waals surface area contributed by atoms with Crippen LogP contribution in [-0.2, 0) is 14.3 Å². The molecule has 114 valence electrons. The van der Waals surface area contributed by atoms with E-state index in [1.165, 1.54) is 23.1 Å². The second-order valence-corrected chi connectivity index (χ2v) is 5.94. The number of halogens is 2. The molecular formula is C14H15BrFNO4. The summed E-state index contributed by atoms with van der Waals surface area (Å²) in [5, 5.41) is 9.33. The topological polar surface area (TPSA) is 66.8 Å². The number of carbonyl (C=O) groups excluding carboxylic acids is 1. The van der Waals surface area contributed by atoms with Crippen molar-refractivity contribution >= 4 is 27.8 Å². The predicted octanol–water partition coefficient (Wildman–Crippen LogP) is 2.35. The Kier molecular flexibility index (Phi) is 4.63. The fraction of sp³-hybridized carbons (Fsp3) is 0.429. The molecule has 0 spiro atoms. The number of rotatable bonds is 3. The minimum atomic E-state index is -1.18. The molecule has 1 saturated heterocycles. The van der Waals surface area contributed by atoms with Crippen molar-refractivity contribution in [2.24, 2.45) is 0 Å². The first-order chi connectivity index (χ1) is 9.82. The van der Waals surface area contributed by atoms with Crippen molar-refractivity contribution in [2.75, 3.05) is 6.61 Å². The zero-order valence-corrected chi connectivity index (χ0v) is 13.1. The van der Waals surface area contributed by atoms with Crippen molar-refractivity contribution in [1.29, 1.82) is 0 Å².